The third kappa shape index (κ3) is 6.06. The summed E-state index contributed by atoms with van der Waals surface area (Å²) in [5.41, 5.74) is 2.29. The first-order valence-electron chi connectivity index (χ1n) is 9.62. The van der Waals surface area contributed by atoms with E-state index in [1.807, 2.05) is 56.5 Å². The van der Waals surface area contributed by atoms with Crippen LogP contribution in [0, 0.1) is 6.92 Å². The standard InChI is InChI=1S/C24H24N2O3S/c1-16(2)29-20-7-4-6-19(14-20)25-24(28)22(15-21-8-5-13-30-21)26-23(27)18-11-9-17(3)10-12-18/h4-16H,1-3H3,(H,25,28)(H,26,27)/b22-15-. The van der Waals surface area contributed by atoms with Crippen LogP contribution in [0.4, 0.5) is 5.69 Å². The minimum atomic E-state index is -0.412. The van der Waals surface area contributed by atoms with E-state index < -0.39 is 5.91 Å². The molecule has 3 aromatic rings. The Kier molecular flexibility index (Phi) is 7.03. The molecule has 0 saturated carbocycles. The number of anilines is 1. The van der Waals surface area contributed by atoms with E-state index >= 15 is 0 Å². The number of carbonyl (C=O) groups is 2. The average molecular weight is 421 g/mol. The second kappa shape index (κ2) is 9.89. The predicted molar refractivity (Wildman–Crippen MR) is 122 cm³/mol. The number of aryl methyl sites for hydroxylation is 1. The number of rotatable bonds is 7. The summed E-state index contributed by atoms with van der Waals surface area (Å²) in [5.74, 6) is -0.0920. The van der Waals surface area contributed by atoms with Crippen molar-refractivity contribution in [3.8, 4) is 5.75 Å². The van der Waals surface area contributed by atoms with E-state index in [0.717, 1.165) is 10.4 Å². The van der Waals surface area contributed by atoms with Gasteiger partial charge in [-0.25, -0.2) is 0 Å². The van der Waals surface area contributed by atoms with Gasteiger partial charge in [-0.2, -0.15) is 0 Å². The van der Waals surface area contributed by atoms with Gasteiger partial charge in [-0.15, -0.1) is 11.3 Å². The Labute approximate surface area is 180 Å². The molecule has 2 aromatic carbocycles. The molecule has 3 rings (SSSR count). The summed E-state index contributed by atoms with van der Waals surface area (Å²) in [7, 11) is 0. The molecule has 0 spiro atoms. The Morgan fingerprint density at radius 2 is 1.80 bits per heavy atom. The van der Waals surface area contributed by atoms with Crippen LogP contribution >= 0.6 is 11.3 Å². The van der Waals surface area contributed by atoms with E-state index in [-0.39, 0.29) is 17.7 Å². The van der Waals surface area contributed by atoms with Gasteiger partial charge in [0, 0.05) is 22.2 Å². The van der Waals surface area contributed by atoms with Crippen molar-refractivity contribution in [1.82, 2.24) is 5.32 Å². The van der Waals surface area contributed by atoms with Crippen LogP contribution in [0.15, 0.2) is 71.7 Å². The third-order valence-electron chi connectivity index (χ3n) is 4.10. The van der Waals surface area contributed by atoms with Crippen LogP contribution in [-0.2, 0) is 4.79 Å². The predicted octanol–water partition coefficient (Wildman–Crippen LogP) is 5.25. The number of hydrogen-bond donors (Lipinski definition) is 2. The fourth-order valence-corrected chi connectivity index (χ4v) is 3.35. The first-order chi connectivity index (χ1) is 14.4. The maximum atomic E-state index is 13.0. The van der Waals surface area contributed by atoms with Crippen LogP contribution in [0.5, 0.6) is 5.75 Å². The Hall–Kier alpha value is -3.38. The zero-order chi connectivity index (χ0) is 21.5. The molecule has 0 atom stereocenters. The number of amides is 2. The van der Waals surface area contributed by atoms with E-state index in [2.05, 4.69) is 10.6 Å². The van der Waals surface area contributed by atoms with Gasteiger partial charge in [0.25, 0.3) is 11.8 Å². The minimum absolute atomic E-state index is 0.0269. The highest BCUT2D eigenvalue weighted by Gasteiger charge is 2.15. The van der Waals surface area contributed by atoms with Gasteiger partial charge in [-0.1, -0.05) is 29.8 Å². The highest BCUT2D eigenvalue weighted by Crippen LogP contribution is 2.20. The fourth-order valence-electron chi connectivity index (χ4n) is 2.69. The Morgan fingerprint density at radius 1 is 1.03 bits per heavy atom. The molecule has 0 aliphatic carbocycles. The van der Waals surface area contributed by atoms with Gasteiger partial charge in [0.2, 0.25) is 0 Å². The molecule has 6 heteroatoms. The smallest absolute Gasteiger partial charge is 0.272 e. The Bertz CT molecular complexity index is 1040. The van der Waals surface area contributed by atoms with Crippen LogP contribution in [0.2, 0.25) is 0 Å². The van der Waals surface area contributed by atoms with Crippen molar-refractivity contribution in [2.24, 2.45) is 0 Å². The zero-order valence-corrected chi connectivity index (χ0v) is 18.0. The first-order valence-corrected chi connectivity index (χ1v) is 10.5. The van der Waals surface area contributed by atoms with Crippen LogP contribution in [0.25, 0.3) is 6.08 Å². The second-order valence-electron chi connectivity index (χ2n) is 7.04. The molecule has 1 aromatic heterocycles. The van der Waals surface area contributed by atoms with Gasteiger partial charge >= 0.3 is 0 Å². The van der Waals surface area contributed by atoms with Crippen molar-refractivity contribution in [1.29, 1.82) is 0 Å². The van der Waals surface area contributed by atoms with E-state index in [1.54, 1.807) is 36.4 Å². The maximum Gasteiger partial charge on any atom is 0.272 e. The molecule has 0 aliphatic heterocycles. The maximum absolute atomic E-state index is 13.0. The molecule has 2 amide bonds. The zero-order valence-electron chi connectivity index (χ0n) is 17.1. The van der Waals surface area contributed by atoms with Gasteiger partial charge in [-0.3, -0.25) is 9.59 Å². The summed E-state index contributed by atoms with van der Waals surface area (Å²) in [6.07, 6.45) is 1.69. The van der Waals surface area contributed by atoms with Crippen molar-refractivity contribution >= 4 is 34.9 Å². The lowest BCUT2D eigenvalue weighted by Crippen LogP contribution is -2.30. The Balaban J connectivity index is 1.81. The van der Waals surface area contributed by atoms with Crippen molar-refractivity contribution in [2.75, 3.05) is 5.32 Å². The molecule has 0 bridgehead atoms. The second-order valence-corrected chi connectivity index (χ2v) is 8.02. The first kappa shape index (κ1) is 21.3. The van der Waals surface area contributed by atoms with Gasteiger partial charge in [0.1, 0.15) is 11.4 Å². The third-order valence-corrected chi connectivity index (χ3v) is 4.92. The molecule has 0 saturated heterocycles. The molecule has 0 radical (unpaired) electrons. The van der Waals surface area contributed by atoms with Crippen molar-refractivity contribution in [3.63, 3.8) is 0 Å². The van der Waals surface area contributed by atoms with Crippen LogP contribution in [-0.4, -0.2) is 17.9 Å². The van der Waals surface area contributed by atoms with E-state index in [9.17, 15) is 9.59 Å². The number of nitrogens with one attached hydrogen (secondary N) is 2. The van der Waals surface area contributed by atoms with Crippen molar-refractivity contribution < 1.29 is 14.3 Å². The van der Waals surface area contributed by atoms with Gasteiger partial charge < -0.3 is 15.4 Å². The molecule has 5 nitrogen and oxygen atoms in total. The molecular weight excluding hydrogens is 396 g/mol. The van der Waals surface area contributed by atoms with Crippen LogP contribution < -0.4 is 15.4 Å². The minimum Gasteiger partial charge on any atom is -0.491 e. The topological polar surface area (TPSA) is 67.4 Å². The summed E-state index contributed by atoms with van der Waals surface area (Å²) in [5, 5.41) is 7.49. The summed E-state index contributed by atoms with van der Waals surface area (Å²) < 4.78 is 5.68. The summed E-state index contributed by atoms with van der Waals surface area (Å²) in [4.78, 5) is 26.5. The molecule has 2 N–H and O–H groups in total. The lowest BCUT2D eigenvalue weighted by molar-refractivity contribution is -0.113. The summed E-state index contributed by atoms with van der Waals surface area (Å²) in [6, 6.07) is 18.1. The molecular formula is C24H24N2O3S. The molecule has 154 valence electrons. The lowest BCUT2D eigenvalue weighted by atomic mass is 10.1. The van der Waals surface area contributed by atoms with E-state index in [0.29, 0.717) is 17.0 Å². The Morgan fingerprint density at radius 3 is 2.47 bits per heavy atom. The number of benzene rings is 2. The summed E-state index contributed by atoms with van der Waals surface area (Å²) in [6.45, 7) is 5.83. The quantitative estimate of drug-likeness (QED) is 0.513. The lowest BCUT2D eigenvalue weighted by Gasteiger charge is -2.13. The van der Waals surface area contributed by atoms with Gasteiger partial charge in [0.15, 0.2) is 0 Å². The average Bonchev–Trinajstić information content (AvgIpc) is 3.21. The van der Waals surface area contributed by atoms with E-state index in [1.165, 1.54) is 11.3 Å². The van der Waals surface area contributed by atoms with Crippen molar-refractivity contribution in [2.45, 2.75) is 26.9 Å². The summed E-state index contributed by atoms with van der Waals surface area (Å²) >= 11 is 1.48. The largest absolute Gasteiger partial charge is 0.491 e. The van der Waals surface area contributed by atoms with Gasteiger partial charge in [-0.05, 0) is 62.6 Å². The number of hydrogen-bond acceptors (Lipinski definition) is 4. The molecule has 1 heterocycles. The van der Waals surface area contributed by atoms with Crippen LogP contribution in [0.1, 0.15) is 34.6 Å². The molecule has 0 aliphatic rings. The monoisotopic (exact) mass is 420 g/mol. The van der Waals surface area contributed by atoms with E-state index in [4.69, 9.17) is 4.74 Å². The molecule has 0 unspecified atom stereocenters. The fraction of sp³-hybridized carbons (Fsp3) is 0.167. The number of ether oxygens (including phenoxy) is 1. The molecule has 30 heavy (non-hydrogen) atoms. The number of carbonyl (C=O) groups excluding carboxylic acids is 2. The highest BCUT2D eigenvalue weighted by molar-refractivity contribution is 7.10. The normalized spacial score (nSPS) is 11.3. The SMILES string of the molecule is Cc1ccc(C(=O)N/C(=C\c2cccs2)C(=O)Nc2cccc(OC(C)C)c2)cc1. The van der Waals surface area contributed by atoms with Gasteiger partial charge in [0.05, 0.1) is 6.10 Å². The number of thiophene rings is 1. The van der Waals surface area contributed by atoms with Crippen molar-refractivity contribution in [3.05, 3.63) is 87.7 Å². The van der Waals surface area contributed by atoms with Crippen LogP contribution in [0.3, 0.4) is 0 Å². The molecule has 0 fully saturated rings. The highest BCUT2D eigenvalue weighted by atomic mass is 32.1.